The summed E-state index contributed by atoms with van der Waals surface area (Å²) in [7, 11) is 0. The summed E-state index contributed by atoms with van der Waals surface area (Å²) in [6.45, 7) is 2.87. The lowest BCUT2D eigenvalue weighted by Gasteiger charge is -2.37. The molecule has 2 aliphatic rings. The molecular formula is C15H19N3O3. The summed E-state index contributed by atoms with van der Waals surface area (Å²) in [6.07, 6.45) is 1.54. The highest BCUT2D eigenvalue weighted by atomic mass is 16.4. The number of nitrogens with two attached hydrogens (primary N) is 1. The summed E-state index contributed by atoms with van der Waals surface area (Å²) in [5.41, 5.74) is 7.01. The number of nitrogens with zero attached hydrogens (tertiary/aromatic N) is 2. The highest BCUT2D eigenvalue weighted by Crippen LogP contribution is 2.25. The molecule has 0 bridgehead atoms. The molecule has 3 N–H and O–H groups in total. The molecule has 2 aliphatic heterocycles. The molecule has 3 rings (SSSR count). The van der Waals surface area contributed by atoms with Gasteiger partial charge in [0, 0.05) is 44.3 Å². The van der Waals surface area contributed by atoms with Crippen molar-refractivity contribution in [3.05, 3.63) is 29.3 Å². The molecule has 21 heavy (non-hydrogen) atoms. The molecule has 6 heteroatoms. The van der Waals surface area contributed by atoms with Crippen molar-refractivity contribution >= 4 is 17.6 Å². The number of fused-ring (bicyclic) bond motifs is 1. The average molecular weight is 289 g/mol. The molecule has 1 amide bonds. The van der Waals surface area contributed by atoms with E-state index in [-0.39, 0.29) is 17.5 Å². The maximum absolute atomic E-state index is 11.7. The van der Waals surface area contributed by atoms with E-state index >= 15 is 0 Å². The number of carbonyl (C=O) groups excluding carboxylic acids is 1. The van der Waals surface area contributed by atoms with Gasteiger partial charge in [0.1, 0.15) is 0 Å². The third-order valence-electron chi connectivity index (χ3n) is 4.37. The Balaban J connectivity index is 1.75. The van der Waals surface area contributed by atoms with Crippen molar-refractivity contribution in [2.24, 2.45) is 0 Å². The standard InChI is InChI=1S/C15H19N3O3/c16-12-3-1-2-10(14(12)15(20)21)8-17-6-7-18-11(9-17)4-5-13(18)19/h1-3,11H,4-9,16H2,(H,20,21). The third-order valence-corrected chi connectivity index (χ3v) is 4.37. The number of hydrogen-bond acceptors (Lipinski definition) is 4. The van der Waals surface area contributed by atoms with E-state index in [9.17, 15) is 14.7 Å². The Bertz CT molecular complexity index is 588. The van der Waals surface area contributed by atoms with E-state index < -0.39 is 5.97 Å². The van der Waals surface area contributed by atoms with E-state index in [0.717, 1.165) is 31.6 Å². The van der Waals surface area contributed by atoms with Crippen LogP contribution in [0.15, 0.2) is 18.2 Å². The Morgan fingerprint density at radius 3 is 2.95 bits per heavy atom. The van der Waals surface area contributed by atoms with Gasteiger partial charge in [-0.15, -0.1) is 0 Å². The van der Waals surface area contributed by atoms with E-state index in [1.54, 1.807) is 12.1 Å². The minimum Gasteiger partial charge on any atom is -0.478 e. The number of benzene rings is 1. The van der Waals surface area contributed by atoms with Gasteiger partial charge in [-0.25, -0.2) is 4.79 Å². The fraction of sp³-hybridized carbons (Fsp3) is 0.467. The second-order valence-corrected chi connectivity index (χ2v) is 5.70. The second-order valence-electron chi connectivity index (χ2n) is 5.70. The topological polar surface area (TPSA) is 86.9 Å². The lowest BCUT2D eigenvalue weighted by atomic mass is 10.0. The molecule has 112 valence electrons. The van der Waals surface area contributed by atoms with Gasteiger partial charge in [-0.3, -0.25) is 9.69 Å². The van der Waals surface area contributed by atoms with Crippen LogP contribution >= 0.6 is 0 Å². The van der Waals surface area contributed by atoms with Gasteiger partial charge in [-0.2, -0.15) is 0 Å². The van der Waals surface area contributed by atoms with Crippen molar-refractivity contribution in [2.75, 3.05) is 25.4 Å². The number of carbonyl (C=O) groups is 2. The molecule has 2 fully saturated rings. The van der Waals surface area contributed by atoms with Crippen LogP contribution in [0.25, 0.3) is 0 Å². The lowest BCUT2D eigenvalue weighted by molar-refractivity contribution is -0.130. The molecule has 1 unspecified atom stereocenters. The monoisotopic (exact) mass is 289 g/mol. The number of rotatable bonds is 3. The van der Waals surface area contributed by atoms with E-state index in [4.69, 9.17) is 5.73 Å². The SMILES string of the molecule is Nc1cccc(CN2CCN3C(=O)CCC3C2)c1C(=O)O. The van der Waals surface area contributed by atoms with Crippen LogP contribution in [-0.2, 0) is 11.3 Å². The summed E-state index contributed by atoms with van der Waals surface area (Å²) < 4.78 is 0. The third kappa shape index (κ3) is 2.58. The van der Waals surface area contributed by atoms with Crippen LogP contribution < -0.4 is 5.73 Å². The molecule has 0 aliphatic carbocycles. The number of anilines is 1. The normalized spacial score (nSPS) is 22.4. The zero-order valence-corrected chi connectivity index (χ0v) is 11.8. The highest BCUT2D eigenvalue weighted by molar-refractivity contribution is 5.95. The maximum atomic E-state index is 11.7. The number of hydrogen-bond donors (Lipinski definition) is 2. The number of carboxylic acid groups (broad SMARTS) is 1. The first-order valence-corrected chi connectivity index (χ1v) is 7.18. The quantitative estimate of drug-likeness (QED) is 0.803. The lowest BCUT2D eigenvalue weighted by Crippen LogP contribution is -2.51. The fourth-order valence-corrected chi connectivity index (χ4v) is 3.33. The van der Waals surface area contributed by atoms with Crippen molar-refractivity contribution in [2.45, 2.75) is 25.4 Å². The molecule has 2 saturated heterocycles. The van der Waals surface area contributed by atoms with Gasteiger partial charge in [-0.1, -0.05) is 12.1 Å². The van der Waals surface area contributed by atoms with Crippen LogP contribution in [0.1, 0.15) is 28.8 Å². The van der Waals surface area contributed by atoms with Crippen LogP contribution in [0.3, 0.4) is 0 Å². The molecule has 0 saturated carbocycles. The molecule has 2 heterocycles. The van der Waals surface area contributed by atoms with Gasteiger partial charge in [0.25, 0.3) is 0 Å². The zero-order chi connectivity index (χ0) is 15.0. The van der Waals surface area contributed by atoms with Crippen LogP contribution in [-0.4, -0.2) is 52.5 Å². The Hall–Kier alpha value is -2.08. The largest absolute Gasteiger partial charge is 0.478 e. The van der Waals surface area contributed by atoms with Crippen molar-refractivity contribution in [1.29, 1.82) is 0 Å². The van der Waals surface area contributed by atoms with Crippen molar-refractivity contribution < 1.29 is 14.7 Å². The molecule has 1 atom stereocenters. The molecular weight excluding hydrogens is 270 g/mol. The maximum Gasteiger partial charge on any atom is 0.338 e. The fourth-order valence-electron chi connectivity index (χ4n) is 3.33. The average Bonchev–Trinajstić information content (AvgIpc) is 2.79. The summed E-state index contributed by atoms with van der Waals surface area (Å²) in [6, 6.07) is 5.49. The second kappa shape index (κ2) is 5.37. The van der Waals surface area contributed by atoms with Crippen LogP contribution in [0, 0.1) is 0 Å². The number of nitrogen functional groups attached to an aromatic ring is 1. The number of aromatic carboxylic acids is 1. The van der Waals surface area contributed by atoms with E-state index in [1.807, 2.05) is 11.0 Å². The molecule has 0 radical (unpaired) electrons. The van der Waals surface area contributed by atoms with Gasteiger partial charge in [0.2, 0.25) is 5.91 Å². The predicted octanol–water partition coefficient (Wildman–Crippen LogP) is 0.774. The summed E-state index contributed by atoms with van der Waals surface area (Å²) in [5.74, 6) is -0.743. The Kier molecular flexibility index (Phi) is 3.55. The number of piperazine rings is 1. The molecule has 0 aromatic heterocycles. The molecule has 1 aromatic rings. The van der Waals surface area contributed by atoms with Gasteiger partial charge in [0.05, 0.1) is 5.56 Å². The van der Waals surface area contributed by atoms with Gasteiger partial charge >= 0.3 is 5.97 Å². The van der Waals surface area contributed by atoms with Crippen molar-refractivity contribution in [3.8, 4) is 0 Å². The number of carboxylic acids is 1. The van der Waals surface area contributed by atoms with E-state index in [1.165, 1.54) is 0 Å². The van der Waals surface area contributed by atoms with Gasteiger partial charge in [0.15, 0.2) is 0 Å². The molecule has 6 nitrogen and oxygen atoms in total. The predicted molar refractivity (Wildman–Crippen MR) is 77.8 cm³/mol. The van der Waals surface area contributed by atoms with Crippen molar-refractivity contribution in [3.63, 3.8) is 0 Å². The summed E-state index contributed by atoms with van der Waals surface area (Å²) >= 11 is 0. The summed E-state index contributed by atoms with van der Waals surface area (Å²) in [5, 5.41) is 9.31. The summed E-state index contributed by atoms with van der Waals surface area (Å²) in [4.78, 5) is 27.2. The first-order valence-electron chi connectivity index (χ1n) is 7.18. The highest BCUT2D eigenvalue weighted by Gasteiger charge is 2.35. The molecule has 1 aromatic carbocycles. The minimum absolute atomic E-state index is 0.197. The first-order chi connectivity index (χ1) is 10.1. The Labute approximate surface area is 123 Å². The smallest absolute Gasteiger partial charge is 0.338 e. The van der Waals surface area contributed by atoms with Crippen LogP contribution in [0.2, 0.25) is 0 Å². The zero-order valence-electron chi connectivity index (χ0n) is 11.8. The van der Waals surface area contributed by atoms with E-state index in [0.29, 0.717) is 18.7 Å². The van der Waals surface area contributed by atoms with E-state index in [2.05, 4.69) is 4.90 Å². The van der Waals surface area contributed by atoms with Crippen LogP contribution in [0.4, 0.5) is 5.69 Å². The Morgan fingerprint density at radius 1 is 1.38 bits per heavy atom. The van der Waals surface area contributed by atoms with Gasteiger partial charge < -0.3 is 15.7 Å². The van der Waals surface area contributed by atoms with Gasteiger partial charge in [-0.05, 0) is 18.1 Å². The Morgan fingerprint density at radius 2 is 2.19 bits per heavy atom. The minimum atomic E-state index is -0.988. The molecule has 0 spiro atoms. The van der Waals surface area contributed by atoms with Crippen LogP contribution in [0.5, 0.6) is 0 Å². The van der Waals surface area contributed by atoms with Crippen molar-refractivity contribution in [1.82, 2.24) is 9.80 Å². The first kappa shape index (κ1) is 13.9. The number of amides is 1.